The van der Waals surface area contributed by atoms with Gasteiger partial charge in [0, 0.05) is 17.6 Å². The van der Waals surface area contributed by atoms with Crippen LogP contribution in [0.2, 0.25) is 0 Å². The fourth-order valence-corrected chi connectivity index (χ4v) is 2.94. The van der Waals surface area contributed by atoms with E-state index in [1.54, 1.807) is 62.2 Å². The van der Waals surface area contributed by atoms with Crippen molar-refractivity contribution in [3.63, 3.8) is 0 Å². The van der Waals surface area contributed by atoms with Crippen molar-refractivity contribution in [2.45, 2.75) is 0 Å². The lowest BCUT2D eigenvalue weighted by atomic mass is 10.2. The van der Waals surface area contributed by atoms with Gasteiger partial charge < -0.3 is 24.3 Å². The highest BCUT2D eigenvalue weighted by atomic mass is 32.1. The van der Waals surface area contributed by atoms with Gasteiger partial charge in [-0.05, 0) is 24.3 Å². The van der Waals surface area contributed by atoms with Crippen molar-refractivity contribution in [3.05, 3.63) is 48.0 Å². The SMILES string of the molecule is COc1ccc(Oc2cccc(OC)c2OC)c(NC(=O)Nc2nccs2)c1. The molecule has 0 aliphatic carbocycles. The molecule has 0 fully saturated rings. The zero-order valence-corrected chi connectivity index (χ0v) is 16.3. The first-order valence-electron chi connectivity index (χ1n) is 8.19. The highest BCUT2D eigenvalue weighted by Gasteiger charge is 2.16. The van der Waals surface area contributed by atoms with Crippen LogP contribution in [0.25, 0.3) is 0 Å². The minimum Gasteiger partial charge on any atom is -0.497 e. The standard InChI is InChI=1S/C19H19N3O5S/c1-24-12-7-8-14(27-16-6-4-5-15(25-2)17(16)26-3)13(11-12)21-18(23)22-19-20-9-10-28-19/h4-11H,1-3H3,(H2,20,21,22,23). The number of thiazole rings is 1. The van der Waals surface area contributed by atoms with Gasteiger partial charge in [-0.25, -0.2) is 9.78 Å². The minimum absolute atomic E-state index is 0.404. The van der Waals surface area contributed by atoms with Crippen LogP contribution in [-0.2, 0) is 0 Å². The summed E-state index contributed by atoms with van der Waals surface area (Å²) in [5, 5.41) is 7.66. The maximum absolute atomic E-state index is 12.3. The molecule has 9 heteroatoms. The number of rotatable bonds is 7. The number of urea groups is 1. The Bertz CT molecular complexity index is 947. The Morgan fingerprint density at radius 3 is 2.46 bits per heavy atom. The molecule has 146 valence electrons. The van der Waals surface area contributed by atoms with Gasteiger partial charge in [-0.15, -0.1) is 11.3 Å². The number of carbonyl (C=O) groups is 1. The van der Waals surface area contributed by atoms with Crippen LogP contribution >= 0.6 is 11.3 Å². The van der Waals surface area contributed by atoms with Crippen molar-refractivity contribution in [2.24, 2.45) is 0 Å². The maximum Gasteiger partial charge on any atom is 0.325 e. The maximum atomic E-state index is 12.3. The van der Waals surface area contributed by atoms with E-state index in [2.05, 4.69) is 15.6 Å². The third kappa shape index (κ3) is 4.44. The Morgan fingerprint density at radius 1 is 0.964 bits per heavy atom. The monoisotopic (exact) mass is 401 g/mol. The summed E-state index contributed by atoms with van der Waals surface area (Å²) in [6.45, 7) is 0. The summed E-state index contributed by atoms with van der Waals surface area (Å²) in [6, 6.07) is 9.91. The first-order valence-corrected chi connectivity index (χ1v) is 9.07. The van der Waals surface area contributed by atoms with Gasteiger partial charge in [-0.3, -0.25) is 5.32 Å². The minimum atomic E-state index is -0.453. The Kier molecular flexibility index (Phi) is 6.18. The Labute approximate surface area is 166 Å². The Morgan fingerprint density at radius 2 is 1.79 bits per heavy atom. The number of ether oxygens (including phenoxy) is 4. The van der Waals surface area contributed by atoms with Gasteiger partial charge in [0.05, 0.1) is 27.0 Å². The molecule has 1 heterocycles. The number of aromatic nitrogens is 1. The highest BCUT2D eigenvalue weighted by molar-refractivity contribution is 7.13. The number of methoxy groups -OCH3 is 3. The molecule has 0 aliphatic heterocycles. The average Bonchev–Trinajstić information content (AvgIpc) is 3.21. The van der Waals surface area contributed by atoms with Gasteiger partial charge in [-0.2, -0.15) is 0 Å². The molecular weight excluding hydrogens is 382 g/mol. The molecular formula is C19H19N3O5S. The summed E-state index contributed by atoms with van der Waals surface area (Å²) in [7, 11) is 4.62. The predicted molar refractivity (Wildman–Crippen MR) is 107 cm³/mol. The molecule has 0 spiro atoms. The molecule has 0 saturated carbocycles. The van der Waals surface area contributed by atoms with Crippen LogP contribution in [0, 0.1) is 0 Å². The molecule has 2 aromatic carbocycles. The number of benzene rings is 2. The molecule has 0 bridgehead atoms. The van der Waals surface area contributed by atoms with Gasteiger partial charge in [0.2, 0.25) is 5.75 Å². The number of carbonyl (C=O) groups excluding carboxylic acids is 1. The normalized spacial score (nSPS) is 10.1. The molecule has 0 radical (unpaired) electrons. The second-order valence-corrected chi connectivity index (χ2v) is 6.27. The molecule has 2 N–H and O–H groups in total. The molecule has 3 rings (SSSR count). The van der Waals surface area contributed by atoms with Crippen LogP contribution in [-0.4, -0.2) is 32.3 Å². The molecule has 8 nitrogen and oxygen atoms in total. The summed E-state index contributed by atoms with van der Waals surface area (Å²) in [6.07, 6.45) is 1.61. The molecule has 0 saturated heterocycles. The van der Waals surface area contributed by atoms with E-state index in [0.29, 0.717) is 39.6 Å². The molecule has 0 unspecified atom stereocenters. The molecule has 0 atom stereocenters. The number of hydrogen-bond acceptors (Lipinski definition) is 7. The van der Waals surface area contributed by atoms with Crippen LogP contribution in [0.1, 0.15) is 0 Å². The van der Waals surface area contributed by atoms with E-state index >= 15 is 0 Å². The second-order valence-electron chi connectivity index (χ2n) is 5.37. The second kappa shape index (κ2) is 8.96. The molecule has 0 aliphatic rings. The van der Waals surface area contributed by atoms with Crippen LogP contribution in [0.3, 0.4) is 0 Å². The van der Waals surface area contributed by atoms with E-state index in [0.717, 1.165) is 0 Å². The largest absolute Gasteiger partial charge is 0.497 e. The topological polar surface area (TPSA) is 90.9 Å². The van der Waals surface area contributed by atoms with E-state index in [-0.39, 0.29) is 0 Å². The fraction of sp³-hybridized carbons (Fsp3) is 0.158. The van der Waals surface area contributed by atoms with E-state index in [1.165, 1.54) is 18.4 Å². The lowest BCUT2D eigenvalue weighted by molar-refractivity contribution is 0.262. The van der Waals surface area contributed by atoms with Crippen molar-refractivity contribution in [3.8, 4) is 28.7 Å². The van der Waals surface area contributed by atoms with Gasteiger partial charge in [0.25, 0.3) is 0 Å². The third-order valence-electron chi connectivity index (χ3n) is 3.67. The lowest BCUT2D eigenvalue weighted by Gasteiger charge is -2.16. The Balaban J connectivity index is 1.88. The molecule has 1 aromatic heterocycles. The van der Waals surface area contributed by atoms with E-state index < -0.39 is 6.03 Å². The summed E-state index contributed by atoms with van der Waals surface area (Å²) < 4.78 is 21.9. The van der Waals surface area contributed by atoms with Crippen molar-refractivity contribution in [2.75, 3.05) is 32.0 Å². The van der Waals surface area contributed by atoms with Gasteiger partial charge in [-0.1, -0.05) is 6.07 Å². The van der Waals surface area contributed by atoms with E-state index in [9.17, 15) is 4.79 Å². The number of amides is 2. The number of hydrogen-bond donors (Lipinski definition) is 2. The fourth-order valence-electron chi connectivity index (χ4n) is 2.42. The summed E-state index contributed by atoms with van der Waals surface area (Å²) in [4.78, 5) is 16.3. The van der Waals surface area contributed by atoms with Crippen molar-refractivity contribution < 1.29 is 23.7 Å². The highest BCUT2D eigenvalue weighted by Crippen LogP contribution is 2.41. The smallest absolute Gasteiger partial charge is 0.325 e. The number of para-hydroxylation sites is 1. The quantitative estimate of drug-likeness (QED) is 0.601. The van der Waals surface area contributed by atoms with Gasteiger partial charge in [0.1, 0.15) is 5.75 Å². The van der Waals surface area contributed by atoms with Crippen molar-refractivity contribution >= 4 is 28.2 Å². The number of nitrogens with zero attached hydrogens (tertiary/aromatic N) is 1. The molecule has 28 heavy (non-hydrogen) atoms. The number of anilines is 2. The Hall–Kier alpha value is -3.46. The van der Waals surface area contributed by atoms with Crippen LogP contribution in [0.4, 0.5) is 15.6 Å². The summed E-state index contributed by atoms with van der Waals surface area (Å²) >= 11 is 1.32. The lowest BCUT2D eigenvalue weighted by Crippen LogP contribution is -2.19. The third-order valence-corrected chi connectivity index (χ3v) is 4.36. The van der Waals surface area contributed by atoms with Gasteiger partial charge >= 0.3 is 6.03 Å². The van der Waals surface area contributed by atoms with Crippen molar-refractivity contribution in [1.29, 1.82) is 0 Å². The van der Waals surface area contributed by atoms with Crippen molar-refractivity contribution in [1.82, 2.24) is 4.98 Å². The zero-order valence-electron chi connectivity index (χ0n) is 15.5. The van der Waals surface area contributed by atoms with E-state index in [4.69, 9.17) is 18.9 Å². The predicted octanol–water partition coefficient (Wildman–Crippen LogP) is 4.61. The van der Waals surface area contributed by atoms with Crippen LogP contribution < -0.4 is 29.6 Å². The van der Waals surface area contributed by atoms with E-state index in [1.807, 2.05) is 0 Å². The first kappa shape index (κ1) is 19.3. The summed E-state index contributed by atoms with van der Waals surface area (Å²) in [5.74, 6) is 2.38. The summed E-state index contributed by atoms with van der Waals surface area (Å²) in [5.41, 5.74) is 0.415. The molecule has 3 aromatic rings. The van der Waals surface area contributed by atoms with Gasteiger partial charge in [0.15, 0.2) is 22.4 Å². The van der Waals surface area contributed by atoms with Crippen LogP contribution in [0.5, 0.6) is 28.7 Å². The zero-order chi connectivity index (χ0) is 19.9. The molecule has 2 amide bonds. The average molecular weight is 401 g/mol. The van der Waals surface area contributed by atoms with Crippen LogP contribution in [0.15, 0.2) is 48.0 Å². The first-order chi connectivity index (χ1) is 13.6. The number of nitrogens with one attached hydrogen (secondary N) is 2.